The van der Waals surface area contributed by atoms with E-state index in [1.165, 1.54) is 23.5 Å². The smallest absolute Gasteiger partial charge is 0.347 e. The number of hydrogen-bond acceptors (Lipinski definition) is 7. The summed E-state index contributed by atoms with van der Waals surface area (Å²) >= 11 is 1.21. The van der Waals surface area contributed by atoms with Gasteiger partial charge in [-0.15, -0.1) is 11.3 Å². The molecule has 0 radical (unpaired) electrons. The first-order valence-corrected chi connectivity index (χ1v) is 12.2. The van der Waals surface area contributed by atoms with E-state index in [0.717, 1.165) is 16.8 Å². The summed E-state index contributed by atoms with van der Waals surface area (Å²) in [5.74, 6) is -2.64. The lowest BCUT2D eigenvalue weighted by Crippen LogP contribution is -2.29. The fourth-order valence-electron chi connectivity index (χ4n) is 4.04. The number of halogens is 4. The largest absolute Gasteiger partial charge is 0.451 e. The lowest BCUT2D eigenvalue weighted by Gasteiger charge is -2.12. The number of amides is 2. The molecule has 3 aromatic heterocycles. The van der Waals surface area contributed by atoms with Crippen LogP contribution in [0.5, 0.6) is 0 Å². The van der Waals surface area contributed by atoms with Gasteiger partial charge in [0.25, 0.3) is 11.8 Å². The zero-order valence-corrected chi connectivity index (χ0v) is 20.5. The van der Waals surface area contributed by atoms with Crippen molar-refractivity contribution in [3.05, 3.63) is 81.3 Å². The molecular formula is C24H19F4N7O2S. The van der Waals surface area contributed by atoms with Crippen molar-refractivity contribution < 1.29 is 27.2 Å². The highest BCUT2D eigenvalue weighted by atomic mass is 32.1. The Hall–Kier alpha value is -4.20. The van der Waals surface area contributed by atoms with Crippen molar-refractivity contribution in [2.75, 3.05) is 0 Å². The normalized spacial score (nSPS) is 14.8. The summed E-state index contributed by atoms with van der Waals surface area (Å²) in [6, 6.07) is 7.11. The fraction of sp³-hybridized carbons (Fsp3) is 0.250. The molecule has 1 atom stereocenters. The Labute approximate surface area is 216 Å². The van der Waals surface area contributed by atoms with Crippen LogP contribution in [0.25, 0.3) is 10.7 Å². The van der Waals surface area contributed by atoms with Gasteiger partial charge in [-0.25, -0.2) is 19.3 Å². The third-order valence-corrected chi connectivity index (χ3v) is 7.23. The van der Waals surface area contributed by atoms with Gasteiger partial charge in [0.1, 0.15) is 23.5 Å². The van der Waals surface area contributed by atoms with Gasteiger partial charge in [0.2, 0.25) is 5.82 Å². The van der Waals surface area contributed by atoms with Crippen LogP contribution in [0.15, 0.2) is 36.7 Å². The number of nitrogens with one attached hydrogen (secondary N) is 3. The van der Waals surface area contributed by atoms with Crippen LogP contribution in [-0.4, -0.2) is 37.0 Å². The van der Waals surface area contributed by atoms with Crippen molar-refractivity contribution in [1.82, 2.24) is 35.8 Å². The molecular weight excluding hydrogens is 526 g/mol. The quantitative estimate of drug-likeness (QED) is 0.313. The van der Waals surface area contributed by atoms with Gasteiger partial charge in [-0.2, -0.15) is 18.3 Å². The minimum absolute atomic E-state index is 0.0143. The van der Waals surface area contributed by atoms with E-state index in [1.54, 1.807) is 25.1 Å². The van der Waals surface area contributed by atoms with Gasteiger partial charge in [-0.3, -0.25) is 14.7 Å². The molecule has 0 spiro atoms. The maximum Gasteiger partial charge on any atom is 0.451 e. The molecule has 196 valence electrons. The van der Waals surface area contributed by atoms with E-state index in [2.05, 4.69) is 30.7 Å². The zero-order valence-electron chi connectivity index (χ0n) is 19.7. The van der Waals surface area contributed by atoms with Gasteiger partial charge in [-0.05, 0) is 48.6 Å². The predicted octanol–water partition coefficient (Wildman–Crippen LogP) is 4.14. The maximum absolute atomic E-state index is 13.4. The molecule has 5 rings (SSSR count). The number of benzene rings is 1. The Morgan fingerprint density at radius 3 is 2.61 bits per heavy atom. The first kappa shape index (κ1) is 25.4. The first-order valence-electron chi connectivity index (χ1n) is 11.4. The monoisotopic (exact) mass is 545 g/mol. The zero-order chi connectivity index (χ0) is 27.0. The van der Waals surface area contributed by atoms with Gasteiger partial charge in [-0.1, -0.05) is 12.1 Å². The van der Waals surface area contributed by atoms with E-state index in [4.69, 9.17) is 0 Å². The van der Waals surface area contributed by atoms with Gasteiger partial charge in [0.15, 0.2) is 5.82 Å². The van der Waals surface area contributed by atoms with Gasteiger partial charge in [0.05, 0.1) is 10.9 Å². The Morgan fingerprint density at radius 1 is 1.13 bits per heavy atom. The summed E-state index contributed by atoms with van der Waals surface area (Å²) in [5, 5.41) is 11.1. The predicted molar refractivity (Wildman–Crippen MR) is 128 cm³/mol. The van der Waals surface area contributed by atoms with Crippen molar-refractivity contribution >= 4 is 23.2 Å². The van der Waals surface area contributed by atoms with E-state index in [-0.39, 0.29) is 35.6 Å². The highest BCUT2D eigenvalue weighted by Crippen LogP contribution is 2.41. The van der Waals surface area contributed by atoms with E-state index in [0.29, 0.717) is 28.8 Å². The number of aryl methyl sites for hydroxylation is 2. The average Bonchev–Trinajstić information content (AvgIpc) is 3.61. The molecule has 9 nitrogen and oxygen atoms in total. The molecule has 0 bridgehead atoms. The topological polar surface area (TPSA) is 126 Å². The molecule has 1 aromatic carbocycles. The molecule has 0 aliphatic heterocycles. The van der Waals surface area contributed by atoms with Crippen LogP contribution in [0.4, 0.5) is 17.6 Å². The van der Waals surface area contributed by atoms with Crippen molar-refractivity contribution in [2.45, 2.75) is 38.5 Å². The maximum atomic E-state index is 13.4. The van der Waals surface area contributed by atoms with Crippen LogP contribution in [0, 0.1) is 12.7 Å². The van der Waals surface area contributed by atoms with Gasteiger partial charge < -0.3 is 10.6 Å². The number of aromatic nitrogens is 5. The first-order chi connectivity index (χ1) is 18.1. The van der Waals surface area contributed by atoms with Gasteiger partial charge in [0, 0.05) is 17.5 Å². The van der Waals surface area contributed by atoms with E-state index in [9.17, 15) is 27.2 Å². The molecule has 0 saturated heterocycles. The SMILES string of the molecule is Cc1cc(CNC(=O)c2cc(C(=O)NC3CCc4cc(-c5n[nH]c(C(F)(F)F)n5)sc43)ncn2)ccc1F. The molecule has 0 saturated carbocycles. The number of alkyl halides is 3. The number of nitrogens with zero attached hydrogens (tertiary/aromatic N) is 4. The molecule has 1 aliphatic rings. The summed E-state index contributed by atoms with van der Waals surface area (Å²) in [4.78, 5) is 38.1. The second-order valence-electron chi connectivity index (χ2n) is 8.62. The summed E-state index contributed by atoms with van der Waals surface area (Å²) in [6.45, 7) is 1.77. The second kappa shape index (κ2) is 9.93. The lowest BCUT2D eigenvalue weighted by molar-refractivity contribution is -0.144. The van der Waals surface area contributed by atoms with Crippen molar-refractivity contribution in [2.24, 2.45) is 0 Å². The summed E-state index contributed by atoms with van der Waals surface area (Å²) in [7, 11) is 0. The summed E-state index contributed by atoms with van der Waals surface area (Å²) < 4.78 is 52.0. The van der Waals surface area contributed by atoms with Crippen LogP contribution in [0.1, 0.15) is 60.8 Å². The second-order valence-corrected chi connectivity index (χ2v) is 9.71. The molecule has 1 unspecified atom stereocenters. The number of rotatable bonds is 6. The highest BCUT2D eigenvalue weighted by Gasteiger charge is 2.36. The number of hydrogen-bond donors (Lipinski definition) is 3. The molecule has 0 fully saturated rings. The summed E-state index contributed by atoms with van der Waals surface area (Å²) in [6.07, 6.45) is -2.30. The Kier molecular flexibility index (Phi) is 6.65. The molecule has 1 aliphatic carbocycles. The number of thiophene rings is 1. The van der Waals surface area contributed by atoms with Crippen LogP contribution < -0.4 is 10.6 Å². The van der Waals surface area contributed by atoms with Crippen LogP contribution in [0.2, 0.25) is 0 Å². The molecule has 3 heterocycles. The minimum Gasteiger partial charge on any atom is -0.347 e. The van der Waals surface area contributed by atoms with E-state index >= 15 is 0 Å². The number of fused-ring (bicyclic) bond motifs is 1. The third kappa shape index (κ3) is 5.25. The van der Waals surface area contributed by atoms with Gasteiger partial charge >= 0.3 is 6.18 Å². The molecule has 4 aromatic rings. The van der Waals surface area contributed by atoms with E-state index < -0.39 is 23.8 Å². The fourth-order valence-corrected chi connectivity index (χ4v) is 5.27. The number of carbonyl (C=O) groups excluding carboxylic acids is 2. The highest BCUT2D eigenvalue weighted by molar-refractivity contribution is 7.15. The molecule has 2 amide bonds. The molecule has 38 heavy (non-hydrogen) atoms. The average molecular weight is 546 g/mol. The Morgan fingerprint density at radius 2 is 1.89 bits per heavy atom. The van der Waals surface area contributed by atoms with Crippen molar-refractivity contribution in [3.63, 3.8) is 0 Å². The minimum atomic E-state index is -4.63. The van der Waals surface area contributed by atoms with Crippen molar-refractivity contribution in [3.8, 4) is 10.7 Å². The van der Waals surface area contributed by atoms with E-state index in [1.807, 2.05) is 5.10 Å². The van der Waals surface area contributed by atoms with Crippen LogP contribution in [-0.2, 0) is 19.1 Å². The molecule has 14 heteroatoms. The third-order valence-electron chi connectivity index (χ3n) is 5.95. The number of carbonyl (C=O) groups is 2. The van der Waals surface area contributed by atoms with Crippen LogP contribution in [0.3, 0.4) is 0 Å². The standard InChI is InChI=1S/C24H19F4N7O2S/c1-11-6-12(2-4-14(11)25)9-29-21(36)16-8-17(31-10-30-16)22(37)32-15-5-3-13-7-18(38-19(13)15)20-33-23(35-34-20)24(26,27)28/h2,4,6-8,10,15H,3,5,9H2,1H3,(H,29,36)(H,32,37)(H,33,34,35). The molecule has 3 N–H and O–H groups in total. The van der Waals surface area contributed by atoms with Crippen LogP contribution >= 0.6 is 11.3 Å². The number of aromatic amines is 1. The lowest BCUT2D eigenvalue weighted by atomic mass is 10.1. The Balaban J connectivity index is 1.25. The number of H-pyrrole nitrogens is 1. The van der Waals surface area contributed by atoms with Crippen molar-refractivity contribution in [1.29, 1.82) is 0 Å². The summed E-state index contributed by atoms with van der Waals surface area (Å²) in [5.41, 5.74) is 2.03. The Bertz CT molecular complexity index is 1530.